The molecule has 1 heterocycles. The van der Waals surface area contributed by atoms with Crippen LogP contribution in [0.1, 0.15) is 32.9 Å². The summed E-state index contributed by atoms with van der Waals surface area (Å²) < 4.78 is 5.07. The van der Waals surface area contributed by atoms with Crippen molar-refractivity contribution < 1.29 is 9.32 Å². The molecule has 0 spiro atoms. The molecule has 21 heavy (non-hydrogen) atoms. The number of rotatable bonds is 3. The quantitative estimate of drug-likeness (QED) is 0.837. The maximum absolute atomic E-state index is 12.2. The van der Waals surface area contributed by atoms with Crippen molar-refractivity contribution in [3.05, 3.63) is 52.4 Å². The SMILES string of the molecule is Cc1noc(C)c1CNC(=O)c1cccc(C#CCN)c1. The van der Waals surface area contributed by atoms with Crippen molar-refractivity contribution in [2.45, 2.75) is 20.4 Å². The number of carbonyl (C=O) groups is 1. The molecule has 0 radical (unpaired) electrons. The minimum atomic E-state index is -0.161. The zero-order valence-electron chi connectivity index (χ0n) is 12.1. The van der Waals surface area contributed by atoms with E-state index in [1.807, 2.05) is 19.9 Å². The summed E-state index contributed by atoms with van der Waals surface area (Å²) in [6.45, 7) is 4.35. The highest BCUT2D eigenvalue weighted by Crippen LogP contribution is 2.12. The first-order valence-electron chi connectivity index (χ1n) is 6.60. The van der Waals surface area contributed by atoms with E-state index in [0.717, 1.165) is 22.6 Å². The monoisotopic (exact) mass is 283 g/mol. The van der Waals surface area contributed by atoms with Gasteiger partial charge in [0.25, 0.3) is 5.91 Å². The van der Waals surface area contributed by atoms with Crippen LogP contribution in [0.25, 0.3) is 0 Å². The van der Waals surface area contributed by atoms with Crippen LogP contribution in [-0.4, -0.2) is 17.6 Å². The number of nitrogens with one attached hydrogen (secondary N) is 1. The van der Waals surface area contributed by atoms with Crippen LogP contribution in [-0.2, 0) is 6.54 Å². The molecule has 2 rings (SSSR count). The number of aromatic nitrogens is 1. The van der Waals surface area contributed by atoms with Crippen molar-refractivity contribution in [1.82, 2.24) is 10.5 Å². The molecule has 0 saturated carbocycles. The van der Waals surface area contributed by atoms with Gasteiger partial charge in [0, 0.05) is 23.2 Å². The molecular weight excluding hydrogens is 266 g/mol. The van der Waals surface area contributed by atoms with E-state index in [-0.39, 0.29) is 5.91 Å². The van der Waals surface area contributed by atoms with Crippen molar-refractivity contribution in [2.24, 2.45) is 5.73 Å². The fraction of sp³-hybridized carbons (Fsp3) is 0.250. The second kappa shape index (κ2) is 6.73. The van der Waals surface area contributed by atoms with E-state index in [4.69, 9.17) is 10.3 Å². The molecule has 1 aromatic carbocycles. The molecule has 0 saturated heterocycles. The molecule has 0 atom stereocenters. The van der Waals surface area contributed by atoms with E-state index in [2.05, 4.69) is 22.3 Å². The van der Waals surface area contributed by atoms with Gasteiger partial charge in [-0.05, 0) is 32.0 Å². The Hall–Kier alpha value is -2.58. The molecule has 2 aromatic rings. The number of hydrogen-bond acceptors (Lipinski definition) is 4. The van der Waals surface area contributed by atoms with Crippen LogP contribution in [0.4, 0.5) is 0 Å². The number of benzene rings is 1. The average molecular weight is 283 g/mol. The Morgan fingerprint density at radius 3 is 2.90 bits per heavy atom. The zero-order valence-corrected chi connectivity index (χ0v) is 12.1. The number of nitrogens with two attached hydrogens (primary N) is 1. The van der Waals surface area contributed by atoms with E-state index < -0.39 is 0 Å². The Morgan fingerprint density at radius 2 is 2.24 bits per heavy atom. The van der Waals surface area contributed by atoms with Crippen LogP contribution in [0.3, 0.4) is 0 Å². The normalized spacial score (nSPS) is 9.86. The van der Waals surface area contributed by atoms with Crippen molar-refractivity contribution in [1.29, 1.82) is 0 Å². The lowest BCUT2D eigenvalue weighted by Crippen LogP contribution is -2.23. The van der Waals surface area contributed by atoms with Crippen molar-refractivity contribution in [2.75, 3.05) is 6.54 Å². The summed E-state index contributed by atoms with van der Waals surface area (Å²) in [6, 6.07) is 7.13. The fourth-order valence-electron chi connectivity index (χ4n) is 1.92. The van der Waals surface area contributed by atoms with Crippen LogP contribution in [0.5, 0.6) is 0 Å². The second-order valence-corrected chi connectivity index (χ2v) is 4.57. The number of amides is 1. The van der Waals surface area contributed by atoms with Gasteiger partial charge in [-0.15, -0.1) is 0 Å². The van der Waals surface area contributed by atoms with Crippen LogP contribution in [0.15, 0.2) is 28.8 Å². The first-order chi connectivity index (χ1) is 10.1. The fourth-order valence-corrected chi connectivity index (χ4v) is 1.92. The molecule has 5 nitrogen and oxygen atoms in total. The number of aryl methyl sites for hydroxylation is 2. The smallest absolute Gasteiger partial charge is 0.251 e. The van der Waals surface area contributed by atoms with Crippen LogP contribution in [0.2, 0.25) is 0 Å². The van der Waals surface area contributed by atoms with Crippen LogP contribution < -0.4 is 11.1 Å². The van der Waals surface area contributed by atoms with Crippen molar-refractivity contribution >= 4 is 5.91 Å². The predicted molar refractivity (Wildman–Crippen MR) is 79.5 cm³/mol. The molecule has 108 valence electrons. The van der Waals surface area contributed by atoms with Crippen LogP contribution >= 0.6 is 0 Å². The van der Waals surface area contributed by atoms with Crippen molar-refractivity contribution in [3.63, 3.8) is 0 Å². The highest BCUT2D eigenvalue weighted by atomic mass is 16.5. The summed E-state index contributed by atoms with van der Waals surface area (Å²) in [4.78, 5) is 12.2. The van der Waals surface area contributed by atoms with E-state index in [9.17, 15) is 4.79 Å². The van der Waals surface area contributed by atoms with E-state index >= 15 is 0 Å². The zero-order chi connectivity index (χ0) is 15.2. The number of hydrogen-bond donors (Lipinski definition) is 2. The van der Waals surface area contributed by atoms with E-state index in [1.165, 1.54) is 0 Å². The van der Waals surface area contributed by atoms with Gasteiger partial charge in [-0.1, -0.05) is 23.1 Å². The van der Waals surface area contributed by atoms with E-state index in [1.54, 1.807) is 18.2 Å². The summed E-state index contributed by atoms with van der Waals surface area (Å²) in [5, 5.41) is 6.71. The largest absolute Gasteiger partial charge is 0.361 e. The summed E-state index contributed by atoms with van der Waals surface area (Å²) in [6.07, 6.45) is 0. The first kappa shape index (κ1) is 14.8. The minimum absolute atomic E-state index is 0.161. The Labute approximate surface area is 123 Å². The molecule has 5 heteroatoms. The summed E-state index contributed by atoms with van der Waals surface area (Å²) in [5.74, 6) is 6.23. The number of carbonyl (C=O) groups excluding carboxylic acids is 1. The Bertz CT molecular complexity index is 688. The first-order valence-corrected chi connectivity index (χ1v) is 6.60. The van der Waals surface area contributed by atoms with Gasteiger partial charge in [-0.25, -0.2) is 0 Å². The molecule has 0 fully saturated rings. The lowest BCUT2D eigenvalue weighted by Gasteiger charge is -2.05. The molecule has 0 aliphatic heterocycles. The average Bonchev–Trinajstić information content (AvgIpc) is 2.82. The molecule has 1 amide bonds. The molecular formula is C16H17N3O2. The summed E-state index contributed by atoms with van der Waals surface area (Å²) in [7, 11) is 0. The van der Waals surface area contributed by atoms with Gasteiger partial charge in [0.2, 0.25) is 0 Å². The molecule has 0 aliphatic carbocycles. The third-order valence-electron chi connectivity index (χ3n) is 3.07. The number of nitrogens with zero attached hydrogens (tertiary/aromatic N) is 1. The van der Waals surface area contributed by atoms with Gasteiger partial charge in [0.1, 0.15) is 5.76 Å². The van der Waals surface area contributed by atoms with Gasteiger partial charge in [0.15, 0.2) is 0 Å². The standard InChI is InChI=1S/C16H17N3O2/c1-11-15(12(2)21-19-11)10-18-16(20)14-7-3-5-13(9-14)6-4-8-17/h3,5,7,9H,8,10,17H2,1-2H3,(H,18,20). The Kier molecular flexibility index (Phi) is 4.75. The van der Waals surface area contributed by atoms with Crippen LogP contribution in [0, 0.1) is 25.7 Å². The summed E-state index contributed by atoms with van der Waals surface area (Å²) >= 11 is 0. The maximum Gasteiger partial charge on any atom is 0.251 e. The maximum atomic E-state index is 12.2. The second-order valence-electron chi connectivity index (χ2n) is 4.57. The lowest BCUT2D eigenvalue weighted by molar-refractivity contribution is 0.0951. The van der Waals surface area contributed by atoms with Gasteiger partial charge in [-0.3, -0.25) is 4.79 Å². The highest BCUT2D eigenvalue weighted by molar-refractivity contribution is 5.94. The Balaban J connectivity index is 2.07. The van der Waals surface area contributed by atoms with Gasteiger partial charge in [-0.2, -0.15) is 0 Å². The van der Waals surface area contributed by atoms with Gasteiger partial charge >= 0.3 is 0 Å². The molecule has 3 N–H and O–H groups in total. The molecule has 1 aromatic heterocycles. The predicted octanol–water partition coefficient (Wildman–Crippen LogP) is 1.53. The van der Waals surface area contributed by atoms with Gasteiger partial charge < -0.3 is 15.6 Å². The van der Waals surface area contributed by atoms with E-state index in [0.29, 0.717) is 18.7 Å². The minimum Gasteiger partial charge on any atom is -0.361 e. The molecule has 0 bridgehead atoms. The Morgan fingerprint density at radius 1 is 1.43 bits per heavy atom. The third-order valence-corrected chi connectivity index (χ3v) is 3.07. The highest BCUT2D eigenvalue weighted by Gasteiger charge is 2.11. The van der Waals surface area contributed by atoms with Gasteiger partial charge in [0.05, 0.1) is 12.2 Å². The van der Waals surface area contributed by atoms with Crippen molar-refractivity contribution in [3.8, 4) is 11.8 Å². The lowest BCUT2D eigenvalue weighted by atomic mass is 10.1. The topological polar surface area (TPSA) is 81.2 Å². The molecule has 0 unspecified atom stereocenters. The summed E-state index contributed by atoms with van der Waals surface area (Å²) in [5.41, 5.74) is 8.36. The molecule has 0 aliphatic rings. The third kappa shape index (κ3) is 3.71.